The van der Waals surface area contributed by atoms with Crippen LogP contribution in [0.3, 0.4) is 0 Å². The molecule has 1 amide bonds. The first-order valence-corrected chi connectivity index (χ1v) is 6.62. The molecule has 1 aliphatic carbocycles. The molecule has 0 spiro atoms. The number of hydrogen-bond donors (Lipinski definition) is 2. The van der Waals surface area contributed by atoms with E-state index in [0.717, 1.165) is 12.8 Å². The van der Waals surface area contributed by atoms with Crippen molar-refractivity contribution in [2.75, 3.05) is 13.2 Å². The lowest BCUT2D eigenvalue weighted by Gasteiger charge is -2.15. The van der Waals surface area contributed by atoms with Gasteiger partial charge in [0.15, 0.2) is 0 Å². The first-order valence-electron chi connectivity index (χ1n) is 6.24. The highest BCUT2D eigenvalue weighted by Gasteiger charge is 2.42. The summed E-state index contributed by atoms with van der Waals surface area (Å²) in [6, 6.07) is 1.86. The van der Waals surface area contributed by atoms with Gasteiger partial charge in [0.2, 0.25) is 0 Å². The summed E-state index contributed by atoms with van der Waals surface area (Å²) in [7, 11) is 0. The number of carbonyl (C=O) groups excluding carboxylic acids is 1. The molecule has 1 aromatic rings. The minimum absolute atomic E-state index is 0.0747. The van der Waals surface area contributed by atoms with Crippen LogP contribution in [0.15, 0.2) is 12.3 Å². The minimum atomic E-state index is -0.129. The number of amides is 1. The van der Waals surface area contributed by atoms with Crippen molar-refractivity contribution in [3.8, 4) is 0 Å². The Morgan fingerprint density at radius 2 is 2.28 bits per heavy atom. The molecule has 2 N–H and O–H groups in total. The van der Waals surface area contributed by atoms with Crippen LogP contribution in [0.5, 0.6) is 0 Å². The summed E-state index contributed by atoms with van der Waals surface area (Å²) in [5.74, 6) is -0.129. The van der Waals surface area contributed by atoms with E-state index in [4.69, 9.17) is 11.6 Å². The van der Waals surface area contributed by atoms with Crippen molar-refractivity contribution in [3.05, 3.63) is 23.0 Å². The Bertz CT molecular complexity index is 450. The van der Waals surface area contributed by atoms with Gasteiger partial charge in [0.1, 0.15) is 5.69 Å². The largest absolute Gasteiger partial charge is 0.396 e. The Morgan fingerprint density at radius 1 is 1.61 bits per heavy atom. The number of halogens is 1. The van der Waals surface area contributed by atoms with Gasteiger partial charge in [-0.15, -0.1) is 0 Å². The predicted molar refractivity (Wildman–Crippen MR) is 70.9 cm³/mol. The van der Waals surface area contributed by atoms with Crippen LogP contribution >= 0.6 is 11.6 Å². The molecule has 18 heavy (non-hydrogen) atoms. The van der Waals surface area contributed by atoms with Crippen molar-refractivity contribution in [3.63, 3.8) is 0 Å². The molecule has 0 saturated heterocycles. The van der Waals surface area contributed by atoms with Gasteiger partial charge in [-0.25, -0.2) is 0 Å². The molecule has 2 rings (SSSR count). The molecule has 100 valence electrons. The molecule has 0 unspecified atom stereocenters. The monoisotopic (exact) mass is 270 g/mol. The number of aliphatic hydroxyl groups excluding tert-OH is 1. The van der Waals surface area contributed by atoms with Gasteiger partial charge in [-0.05, 0) is 32.8 Å². The molecule has 4 nitrogen and oxygen atoms in total. The highest BCUT2D eigenvalue weighted by atomic mass is 35.5. The third kappa shape index (κ3) is 2.70. The van der Waals surface area contributed by atoms with Crippen LogP contribution in [0.2, 0.25) is 5.02 Å². The molecule has 1 aliphatic rings. The zero-order valence-corrected chi connectivity index (χ0v) is 11.5. The maximum Gasteiger partial charge on any atom is 0.267 e. The van der Waals surface area contributed by atoms with Gasteiger partial charge < -0.3 is 15.0 Å². The Balaban J connectivity index is 2.04. The second kappa shape index (κ2) is 4.94. The summed E-state index contributed by atoms with van der Waals surface area (Å²) < 4.78 is 1.86. The fourth-order valence-electron chi connectivity index (χ4n) is 1.98. The Kier molecular flexibility index (Phi) is 3.69. The maximum absolute atomic E-state index is 12.1. The van der Waals surface area contributed by atoms with Gasteiger partial charge in [-0.2, -0.15) is 0 Å². The number of rotatable bonds is 5. The summed E-state index contributed by atoms with van der Waals surface area (Å²) >= 11 is 5.94. The summed E-state index contributed by atoms with van der Waals surface area (Å²) in [6.07, 6.45) is 3.73. The standard InChI is InChI=1S/C13H19ClN2O2/c1-9(2)16-6-10(14)5-11(16)12(18)15-7-13(8-17)3-4-13/h5-6,9,17H,3-4,7-8H2,1-2H3,(H,15,18). The molecule has 0 aliphatic heterocycles. The van der Waals surface area contributed by atoms with Crippen LogP contribution in [-0.4, -0.2) is 28.7 Å². The first kappa shape index (κ1) is 13.4. The quantitative estimate of drug-likeness (QED) is 0.862. The maximum atomic E-state index is 12.1. The summed E-state index contributed by atoms with van der Waals surface area (Å²) in [6.45, 7) is 4.68. The van der Waals surface area contributed by atoms with Crippen molar-refractivity contribution in [2.45, 2.75) is 32.7 Å². The highest BCUT2D eigenvalue weighted by Crippen LogP contribution is 2.44. The van der Waals surface area contributed by atoms with Gasteiger partial charge in [-0.1, -0.05) is 11.6 Å². The number of hydrogen-bond acceptors (Lipinski definition) is 2. The molecule has 0 radical (unpaired) electrons. The van der Waals surface area contributed by atoms with Crippen LogP contribution < -0.4 is 5.32 Å². The Hall–Kier alpha value is -1.00. The van der Waals surface area contributed by atoms with Crippen LogP contribution in [0.4, 0.5) is 0 Å². The van der Waals surface area contributed by atoms with E-state index in [1.54, 1.807) is 12.3 Å². The van der Waals surface area contributed by atoms with E-state index >= 15 is 0 Å². The fourth-order valence-corrected chi connectivity index (χ4v) is 2.19. The number of aliphatic hydroxyl groups is 1. The van der Waals surface area contributed by atoms with Gasteiger partial charge in [0.25, 0.3) is 5.91 Å². The molecule has 1 heterocycles. The number of nitrogens with zero attached hydrogens (tertiary/aromatic N) is 1. The Morgan fingerprint density at radius 3 is 2.78 bits per heavy atom. The second-order valence-electron chi connectivity index (χ2n) is 5.39. The fraction of sp³-hybridized carbons (Fsp3) is 0.615. The molecule has 0 atom stereocenters. The van der Waals surface area contributed by atoms with E-state index < -0.39 is 0 Å². The van der Waals surface area contributed by atoms with Crippen molar-refractivity contribution < 1.29 is 9.90 Å². The SMILES string of the molecule is CC(C)n1cc(Cl)cc1C(=O)NCC1(CO)CC1. The van der Waals surface area contributed by atoms with E-state index in [2.05, 4.69) is 5.32 Å². The topological polar surface area (TPSA) is 54.3 Å². The van der Waals surface area contributed by atoms with Gasteiger partial charge in [-0.3, -0.25) is 4.79 Å². The zero-order chi connectivity index (χ0) is 13.3. The van der Waals surface area contributed by atoms with E-state index in [1.165, 1.54) is 0 Å². The molecule has 0 bridgehead atoms. The average Bonchev–Trinajstić information content (AvgIpc) is 3.01. The zero-order valence-electron chi connectivity index (χ0n) is 10.7. The lowest BCUT2D eigenvalue weighted by Crippen LogP contribution is -2.33. The number of aromatic nitrogens is 1. The minimum Gasteiger partial charge on any atom is -0.396 e. The molecule has 1 saturated carbocycles. The van der Waals surface area contributed by atoms with Crippen LogP contribution in [0.25, 0.3) is 0 Å². The third-order valence-electron chi connectivity index (χ3n) is 3.52. The second-order valence-corrected chi connectivity index (χ2v) is 5.82. The summed E-state index contributed by atoms with van der Waals surface area (Å²) in [5, 5.41) is 12.7. The van der Waals surface area contributed by atoms with Gasteiger partial charge >= 0.3 is 0 Å². The number of carbonyl (C=O) groups is 1. The molecule has 5 heteroatoms. The predicted octanol–water partition coefficient (Wildman–Crippen LogP) is 2.22. The van der Waals surface area contributed by atoms with Gasteiger partial charge in [0, 0.05) is 24.2 Å². The smallest absolute Gasteiger partial charge is 0.267 e. The molecule has 1 fully saturated rings. The lowest BCUT2D eigenvalue weighted by molar-refractivity contribution is 0.0924. The van der Waals surface area contributed by atoms with Gasteiger partial charge in [0.05, 0.1) is 11.6 Å². The average molecular weight is 271 g/mol. The van der Waals surface area contributed by atoms with E-state index in [0.29, 0.717) is 17.3 Å². The van der Waals surface area contributed by atoms with Crippen LogP contribution in [0.1, 0.15) is 43.2 Å². The van der Waals surface area contributed by atoms with E-state index in [-0.39, 0.29) is 24.0 Å². The van der Waals surface area contributed by atoms with Crippen LogP contribution in [0, 0.1) is 5.41 Å². The first-order chi connectivity index (χ1) is 8.47. The van der Waals surface area contributed by atoms with E-state index in [9.17, 15) is 9.90 Å². The van der Waals surface area contributed by atoms with Crippen molar-refractivity contribution in [1.82, 2.24) is 9.88 Å². The lowest BCUT2D eigenvalue weighted by atomic mass is 10.1. The summed E-state index contributed by atoms with van der Waals surface area (Å²) in [5.41, 5.74) is 0.498. The van der Waals surface area contributed by atoms with Crippen molar-refractivity contribution in [1.29, 1.82) is 0 Å². The van der Waals surface area contributed by atoms with Crippen molar-refractivity contribution in [2.24, 2.45) is 5.41 Å². The van der Waals surface area contributed by atoms with Crippen LogP contribution in [-0.2, 0) is 0 Å². The Labute approximate surface area is 112 Å². The molecular formula is C13H19ClN2O2. The third-order valence-corrected chi connectivity index (χ3v) is 3.73. The number of nitrogens with one attached hydrogen (secondary N) is 1. The summed E-state index contributed by atoms with van der Waals surface area (Å²) in [4.78, 5) is 12.1. The molecule has 0 aromatic carbocycles. The molecular weight excluding hydrogens is 252 g/mol. The highest BCUT2D eigenvalue weighted by molar-refractivity contribution is 6.31. The van der Waals surface area contributed by atoms with E-state index in [1.807, 2.05) is 18.4 Å². The van der Waals surface area contributed by atoms with Crippen molar-refractivity contribution >= 4 is 17.5 Å². The normalized spacial score (nSPS) is 16.9. The molecule has 1 aromatic heterocycles.